The summed E-state index contributed by atoms with van der Waals surface area (Å²) >= 11 is 3.53. The summed E-state index contributed by atoms with van der Waals surface area (Å²) in [7, 11) is 0. The van der Waals surface area contributed by atoms with Crippen LogP contribution in [0.15, 0.2) is 34.9 Å². The van der Waals surface area contributed by atoms with Crippen LogP contribution in [0.5, 0.6) is 0 Å². The number of hydrogen-bond acceptors (Lipinski definition) is 2. The molecular formula is C13H15BrN2. The lowest BCUT2D eigenvalue weighted by molar-refractivity contribution is 0.535. The average molecular weight is 279 g/mol. The lowest BCUT2D eigenvalue weighted by Crippen LogP contribution is -2.28. The zero-order chi connectivity index (χ0) is 11.8. The molecule has 1 heterocycles. The number of hydrogen-bond donors (Lipinski definition) is 1. The summed E-state index contributed by atoms with van der Waals surface area (Å²) in [6, 6.07) is 10.3. The number of benzene rings is 1. The second-order valence-corrected chi connectivity index (χ2v) is 5.36. The SMILES string of the molecule is CC(C)(CN)c1cc2ccccc2nc1Br. The molecule has 0 amide bonds. The molecule has 0 atom stereocenters. The van der Waals surface area contributed by atoms with Gasteiger partial charge in [0, 0.05) is 17.3 Å². The molecule has 0 radical (unpaired) electrons. The molecule has 1 aromatic heterocycles. The van der Waals surface area contributed by atoms with Crippen LogP contribution in [0.4, 0.5) is 0 Å². The lowest BCUT2D eigenvalue weighted by atomic mass is 9.85. The number of pyridine rings is 1. The third-order valence-electron chi connectivity index (χ3n) is 2.92. The van der Waals surface area contributed by atoms with Crippen LogP contribution in [-0.2, 0) is 5.41 Å². The molecule has 0 aliphatic rings. The Bertz CT molecular complexity index is 520. The van der Waals surface area contributed by atoms with E-state index >= 15 is 0 Å². The topological polar surface area (TPSA) is 38.9 Å². The Balaban J connectivity index is 2.67. The molecular weight excluding hydrogens is 264 g/mol. The Morgan fingerprint density at radius 2 is 2.00 bits per heavy atom. The van der Waals surface area contributed by atoms with E-state index in [-0.39, 0.29) is 5.41 Å². The van der Waals surface area contributed by atoms with Crippen LogP contribution in [-0.4, -0.2) is 11.5 Å². The number of nitrogens with two attached hydrogens (primary N) is 1. The first-order valence-corrected chi connectivity index (χ1v) is 6.10. The minimum atomic E-state index is -0.0597. The van der Waals surface area contributed by atoms with Gasteiger partial charge in [0.15, 0.2) is 0 Å². The van der Waals surface area contributed by atoms with E-state index in [0.717, 1.165) is 21.1 Å². The normalized spacial score (nSPS) is 12.0. The number of fused-ring (bicyclic) bond motifs is 1. The highest BCUT2D eigenvalue weighted by molar-refractivity contribution is 9.10. The molecule has 2 rings (SSSR count). The van der Waals surface area contributed by atoms with E-state index in [1.165, 1.54) is 0 Å². The van der Waals surface area contributed by atoms with Gasteiger partial charge in [0.25, 0.3) is 0 Å². The maximum atomic E-state index is 5.80. The van der Waals surface area contributed by atoms with Gasteiger partial charge < -0.3 is 5.73 Å². The lowest BCUT2D eigenvalue weighted by Gasteiger charge is -2.24. The van der Waals surface area contributed by atoms with Crippen molar-refractivity contribution in [2.45, 2.75) is 19.3 Å². The third-order valence-corrected chi connectivity index (χ3v) is 3.52. The van der Waals surface area contributed by atoms with Crippen LogP contribution < -0.4 is 5.73 Å². The van der Waals surface area contributed by atoms with Crippen LogP contribution in [0.1, 0.15) is 19.4 Å². The van der Waals surface area contributed by atoms with Gasteiger partial charge in [-0.2, -0.15) is 0 Å². The van der Waals surface area contributed by atoms with Gasteiger partial charge in [0.05, 0.1) is 5.52 Å². The monoisotopic (exact) mass is 278 g/mol. The van der Waals surface area contributed by atoms with Crippen LogP contribution in [0.25, 0.3) is 10.9 Å². The Hall–Kier alpha value is -0.930. The van der Waals surface area contributed by atoms with Gasteiger partial charge >= 0.3 is 0 Å². The van der Waals surface area contributed by atoms with Crippen LogP contribution >= 0.6 is 15.9 Å². The predicted octanol–water partition coefficient (Wildman–Crippen LogP) is 3.23. The highest BCUT2D eigenvalue weighted by Gasteiger charge is 2.22. The van der Waals surface area contributed by atoms with E-state index in [9.17, 15) is 0 Å². The minimum Gasteiger partial charge on any atom is -0.330 e. The fourth-order valence-electron chi connectivity index (χ4n) is 1.68. The Labute approximate surface area is 104 Å². The molecule has 84 valence electrons. The molecule has 2 nitrogen and oxygen atoms in total. The van der Waals surface area contributed by atoms with E-state index < -0.39 is 0 Å². The van der Waals surface area contributed by atoms with Crippen molar-refractivity contribution < 1.29 is 0 Å². The Morgan fingerprint density at radius 1 is 1.31 bits per heavy atom. The number of halogens is 1. The molecule has 0 spiro atoms. The number of para-hydroxylation sites is 1. The summed E-state index contributed by atoms with van der Waals surface area (Å²) in [6.07, 6.45) is 0. The molecule has 1 aromatic carbocycles. The number of rotatable bonds is 2. The van der Waals surface area contributed by atoms with Crippen molar-refractivity contribution in [2.75, 3.05) is 6.54 Å². The van der Waals surface area contributed by atoms with E-state index in [0.29, 0.717) is 6.54 Å². The van der Waals surface area contributed by atoms with Crippen LogP contribution in [0.3, 0.4) is 0 Å². The van der Waals surface area contributed by atoms with E-state index in [4.69, 9.17) is 5.73 Å². The fraction of sp³-hybridized carbons (Fsp3) is 0.308. The summed E-state index contributed by atoms with van der Waals surface area (Å²) in [5.41, 5.74) is 7.91. The third kappa shape index (κ3) is 1.97. The molecule has 0 bridgehead atoms. The maximum absolute atomic E-state index is 5.80. The van der Waals surface area contributed by atoms with Crippen molar-refractivity contribution in [2.24, 2.45) is 5.73 Å². The highest BCUT2D eigenvalue weighted by Crippen LogP contribution is 2.30. The largest absolute Gasteiger partial charge is 0.330 e. The van der Waals surface area contributed by atoms with Crippen molar-refractivity contribution in [3.05, 3.63) is 40.5 Å². The second kappa shape index (κ2) is 4.15. The summed E-state index contributed by atoms with van der Waals surface area (Å²) in [6.45, 7) is 4.86. The second-order valence-electron chi connectivity index (χ2n) is 4.61. The Kier molecular flexibility index (Phi) is 3.00. The molecule has 0 saturated carbocycles. The first-order valence-electron chi connectivity index (χ1n) is 5.30. The van der Waals surface area contributed by atoms with E-state index in [2.05, 4.69) is 46.9 Å². The minimum absolute atomic E-state index is 0.0597. The average Bonchev–Trinajstić information content (AvgIpc) is 2.28. The molecule has 2 aromatic rings. The summed E-state index contributed by atoms with van der Waals surface area (Å²) < 4.78 is 0.890. The molecule has 0 unspecified atom stereocenters. The van der Waals surface area contributed by atoms with Crippen molar-refractivity contribution in [3.63, 3.8) is 0 Å². The van der Waals surface area contributed by atoms with Crippen molar-refractivity contribution in [1.82, 2.24) is 4.98 Å². The Morgan fingerprint density at radius 3 is 2.69 bits per heavy atom. The predicted molar refractivity (Wildman–Crippen MR) is 71.5 cm³/mol. The standard InChI is InChI=1S/C13H15BrN2/c1-13(2,8-15)10-7-9-5-3-4-6-11(9)16-12(10)14/h3-7H,8,15H2,1-2H3. The first-order chi connectivity index (χ1) is 7.54. The van der Waals surface area contributed by atoms with E-state index in [1.807, 2.05) is 18.2 Å². The van der Waals surface area contributed by atoms with Crippen molar-refractivity contribution in [3.8, 4) is 0 Å². The van der Waals surface area contributed by atoms with Gasteiger partial charge in [-0.1, -0.05) is 32.0 Å². The smallest absolute Gasteiger partial charge is 0.110 e. The molecule has 0 fully saturated rings. The fourth-order valence-corrected chi connectivity index (χ4v) is 2.52. The molecule has 16 heavy (non-hydrogen) atoms. The molecule has 2 N–H and O–H groups in total. The quantitative estimate of drug-likeness (QED) is 0.857. The van der Waals surface area contributed by atoms with Crippen molar-refractivity contribution >= 4 is 26.8 Å². The maximum Gasteiger partial charge on any atom is 0.110 e. The van der Waals surface area contributed by atoms with Gasteiger partial charge in [-0.05, 0) is 33.6 Å². The van der Waals surface area contributed by atoms with Gasteiger partial charge in [-0.15, -0.1) is 0 Å². The van der Waals surface area contributed by atoms with Crippen LogP contribution in [0, 0.1) is 0 Å². The highest BCUT2D eigenvalue weighted by atomic mass is 79.9. The summed E-state index contributed by atoms with van der Waals surface area (Å²) in [5.74, 6) is 0. The number of aromatic nitrogens is 1. The summed E-state index contributed by atoms with van der Waals surface area (Å²) in [5, 5.41) is 1.15. The van der Waals surface area contributed by atoms with Gasteiger partial charge in [-0.25, -0.2) is 4.98 Å². The van der Waals surface area contributed by atoms with Gasteiger partial charge in [0.1, 0.15) is 4.60 Å². The van der Waals surface area contributed by atoms with Gasteiger partial charge in [0.2, 0.25) is 0 Å². The van der Waals surface area contributed by atoms with Crippen molar-refractivity contribution in [1.29, 1.82) is 0 Å². The first kappa shape index (κ1) is 11.6. The summed E-state index contributed by atoms with van der Waals surface area (Å²) in [4.78, 5) is 4.55. The molecule has 3 heteroatoms. The zero-order valence-electron chi connectivity index (χ0n) is 9.50. The van der Waals surface area contributed by atoms with E-state index in [1.54, 1.807) is 0 Å². The zero-order valence-corrected chi connectivity index (χ0v) is 11.1. The molecule has 0 aliphatic carbocycles. The van der Waals surface area contributed by atoms with Gasteiger partial charge in [-0.3, -0.25) is 0 Å². The molecule has 0 saturated heterocycles. The number of nitrogens with zero attached hydrogens (tertiary/aromatic N) is 1. The molecule has 0 aliphatic heterocycles. The van der Waals surface area contributed by atoms with Crippen LogP contribution in [0.2, 0.25) is 0 Å².